The molecule has 0 spiro atoms. The second-order valence-corrected chi connectivity index (χ2v) is 17.2. The van der Waals surface area contributed by atoms with E-state index in [0.717, 1.165) is 39.0 Å². The first-order chi connectivity index (χ1) is 28.5. The molecule has 0 aliphatic heterocycles. The smallest absolute Gasteiger partial charge is 0.137 e. The van der Waals surface area contributed by atoms with Gasteiger partial charge in [0.1, 0.15) is 11.2 Å². The first kappa shape index (κ1) is 33.2. The zero-order valence-electron chi connectivity index (χ0n) is 32.2. The van der Waals surface area contributed by atoms with E-state index in [0.29, 0.717) is 0 Å². The van der Waals surface area contributed by atoms with Crippen LogP contribution >= 0.6 is 11.3 Å². The molecule has 2 aromatic heterocycles. The minimum atomic E-state index is -0.148. The molecule has 9 aromatic carbocycles. The molecule has 2 nitrogen and oxygen atoms in total. The first-order valence-electron chi connectivity index (χ1n) is 20.0. The molecule has 58 heavy (non-hydrogen) atoms. The van der Waals surface area contributed by atoms with Crippen molar-refractivity contribution >= 4 is 81.3 Å². The Hall–Kier alpha value is -6.94. The summed E-state index contributed by atoms with van der Waals surface area (Å²) in [6.45, 7) is 4.72. The molecule has 0 unspecified atom stereocenters. The van der Waals surface area contributed by atoms with E-state index >= 15 is 0 Å². The van der Waals surface area contributed by atoms with Gasteiger partial charge in [0.2, 0.25) is 0 Å². The summed E-state index contributed by atoms with van der Waals surface area (Å²) in [6, 6.07) is 69.1. The molecule has 0 radical (unpaired) electrons. The van der Waals surface area contributed by atoms with Crippen LogP contribution in [0.4, 0.5) is 17.1 Å². The molecule has 1 aliphatic rings. The van der Waals surface area contributed by atoms with E-state index < -0.39 is 0 Å². The van der Waals surface area contributed by atoms with Crippen LogP contribution in [0.2, 0.25) is 0 Å². The third-order valence-electron chi connectivity index (χ3n) is 12.5. The Kier molecular flexibility index (Phi) is 7.18. The summed E-state index contributed by atoms with van der Waals surface area (Å²) in [4.78, 5) is 2.46. The fourth-order valence-corrected chi connectivity index (χ4v) is 10.7. The summed E-state index contributed by atoms with van der Waals surface area (Å²) in [7, 11) is 0. The van der Waals surface area contributed by atoms with Crippen LogP contribution in [0.5, 0.6) is 0 Å². The number of hydrogen-bond acceptors (Lipinski definition) is 3. The van der Waals surface area contributed by atoms with Gasteiger partial charge in [0, 0.05) is 59.4 Å². The zero-order valence-corrected chi connectivity index (χ0v) is 33.0. The number of hydrogen-bond donors (Lipinski definition) is 0. The van der Waals surface area contributed by atoms with Gasteiger partial charge < -0.3 is 9.32 Å². The monoisotopic (exact) mass is 759 g/mol. The summed E-state index contributed by atoms with van der Waals surface area (Å²) >= 11 is 1.86. The Morgan fingerprint density at radius 1 is 0.448 bits per heavy atom. The molecule has 0 atom stereocenters. The maximum atomic E-state index is 6.55. The Labute approximate surface area is 340 Å². The van der Waals surface area contributed by atoms with E-state index in [2.05, 4.69) is 201 Å². The molecule has 2 heterocycles. The van der Waals surface area contributed by atoms with Gasteiger partial charge in [-0.25, -0.2) is 0 Å². The van der Waals surface area contributed by atoms with E-state index in [1.54, 1.807) is 0 Å². The van der Waals surface area contributed by atoms with Crippen LogP contribution in [0, 0.1) is 0 Å². The van der Waals surface area contributed by atoms with Gasteiger partial charge in [-0.1, -0.05) is 141 Å². The lowest BCUT2D eigenvalue weighted by atomic mass is 9.82. The predicted molar refractivity (Wildman–Crippen MR) is 247 cm³/mol. The average molecular weight is 760 g/mol. The Bertz CT molecular complexity index is 3440. The van der Waals surface area contributed by atoms with E-state index in [-0.39, 0.29) is 5.41 Å². The van der Waals surface area contributed by atoms with Crippen molar-refractivity contribution in [1.82, 2.24) is 0 Å². The zero-order chi connectivity index (χ0) is 38.5. The second-order valence-electron chi connectivity index (χ2n) is 16.1. The third kappa shape index (κ3) is 4.97. The summed E-state index contributed by atoms with van der Waals surface area (Å²) in [5.41, 5.74) is 15.1. The lowest BCUT2D eigenvalue weighted by Crippen LogP contribution is -2.17. The highest BCUT2D eigenvalue weighted by Gasteiger charge is 2.36. The van der Waals surface area contributed by atoms with Crippen LogP contribution in [0.25, 0.3) is 86.3 Å². The third-order valence-corrected chi connectivity index (χ3v) is 13.6. The summed E-state index contributed by atoms with van der Waals surface area (Å²) in [6.07, 6.45) is 0. The highest BCUT2D eigenvalue weighted by molar-refractivity contribution is 7.26. The summed E-state index contributed by atoms with van der Waals surface area (Å²) in [5.74, 6) is 0. The van der Waals surface area contributed by atoms with Crippen LogP contribution < -0.4 is 4.90 Å². The quantitative estimate of drug-likeness (QED) is 0.174. The maximum absolute atomic E-state index is 6.55. The van der Waals surface area contributed by atoms with Crippen molar-refractivity contribution in [3.63, 3.8) is 0 Å². The van der Waals surface area contributed by atoms with E-state index in [9.17, 15) is 0 Å². The Balaban J connectivity index is 1.11. The summed E-state index contributed by atoms with van der Waals surface area (Å²) < 4.78 is 9.11. The van der Waals surface area contributed by atoms with Crippen LogP contribution in [0.1, 0.15) is 25.0 Å². The van der Waals surface area contributed by atoms with Crippen LogP contribution in [0.15, 0.2) is 192 Å². The van der Waals surface area contributed by atoms with Crippen LogP contribution in [-0.4, -0.2) is 0 Å². The number of fused-ring (bicyclic) bond motifs is 10. The van der Waals surface area contributed by atoms with Gasteiger partial charge in [-0.3, -0.25) is 0 Å². The van der Waals surface area contributed by atoms with Gasteiger partial charge in [-0.05, 0) is 104 Å². The molecular formula is C55H37NOS. The van der Waals surface area contributed by atoms with E-state index in [4.69, 9.17) is 4.42 Å². The lowest BCUT2D eigenvalue weighted by Gasteiger charge is -2.30. The van der Waals surface area contributed by atoms with E-state index in [1.807, 2.05) is 17.4 Å². The number of benzene rings is 9. The highest BCUT2D eigenvalue weighted by atomic mass is 32.1. The molecular weight excluding hydrogens is 723 g/mol. The fraction of sp³-hybridized carbons (Fsp3) is 0.0545. The second kappa shape index (κ2) is 12.5. The number of furan rings is 1. The Morgan fingerprint density at radius 3 is 2.02 bits per heavy atom. The van der Waals surface area contributed by atoms with Crippen molar-refractivity contribution in [2.24, 2.45) is 0 Å². The van der Waals surface area contributed by atoms with Crippen molar-refractivity contribution in [3.8, 4) is 33.4 Å². The highest BCUT2D eigenvalue weighted by Crippen LogP contribution is 2.53. The molecule has 3 heteroatoms. The van der Waals surface area contributed by atoms with Gasteiger partial charge in [0.05, 0.1) is 5.69 Å². The van der Waals surface area contributed by atoms with Crippen molar-refractivity contribution in [1.29, 1.82) is 0 Å². The standard InChI is InChI=1S/C55H37NOS/c1-55(2)46-16-8-5-13-41(46)42-27-25-39(32-47(42)55)56(40-26-28-44-43-14-6-9-17-49(43)57-50(44)33-40)48-29-30-52-54(45-15-7-10-18-51(45)58-52)53(48)36-22-19-35(20-23-36)38-24-21-34-11-3-4-12-37(34)31-38/h3-33H,1-2H3. The largest absolute Gasteiger partial charge is 0.456 e. The van der Waals surface area contributed by atoms with Crippen LogP contribution in [0.3, 0.4) is 0 Å². The van der Waals surface area contributed by atoms with Crippen molar-refractivity contribution < 1.29 is 4.42 Å². The van der Waals surface area contributed by atoms with Crippen molar-refractivity contribution in [3.05, 3.63) is 199 Å². The van der Waals surface area contributed by atoms with Gasteiger partial charge in [-0.15, -0.1) is 11.3 Å². The van der Waals surface area contributed by atoms with Gasteiger partial charge in [-0.2, -0.15) is 0 Å². The molecule has 0 N–H and O–H groups in total. The molecule has 12 rings (SSSR count). The normalized spacial score (nSPS) is 13.1. The molecule has 0 amide bonds. The van der Waals surface area contributed by atoms with Crippen LogP contribution in [-0.2, 0) is 5.41 Å². The number of thiophene rings is 1. The SMILES string of the molecule is CC1(C)c2ccccc2-c2ccc(N(c3ccc4c(c3)oc3ccccc34)c3ccc4sc5ccccc5c4c3-c3ccc(-c4ccc5ccccc5c4)cc3)cc21. The topological polar surface area (TPSA) is 16.4 Å². The summed E-state index contributed by atoms with van der Waals surface area (Å²) in [5, 5.41) is 7.30. The molecule has 0 fully saturated rings. The predicted octanol–water partition coefficient (Wildman–Crippen LogP) is 16.2. The fourth-order valence-electron chi connectivity index (χ4n) is 9.59. The molecule has 11 aromatic rings. The number of para-hydroxylation sites is 1. The molecule has 0 saturated carbocycles. The van der Waals surface area contributed by atoms with Gasteiger partial charge in [0.15, 0.2) is 0 Å². The minimum Gasteiger partial charge on any atom is -0.456 e. The van der Waals surface area contributed by atoms with Crippen molar-refractivity contribution in [2.75, 3.05) is 4.90 Å². The first-order valence-corrected chi connectivity index (χ1v) is 20.8. The molecule has 0 bridgehead atoms. The molecule has 274 valence electrons. The number of nitrogens with zero attached hydrogens (tertiary/aromatic N) is 1. The maximum Gasteiger partial charge on any atom is 0.137 e. The Morgan fingerprint density at radius 2 is 1.12 bits per heavy atom. The van der Waals surface area contributed by atoms with Crippen molar-refractivity contribution in [2.45, 2.75) is 19.3 Å². The minimum absolute atomic E-state index is 0.148. The van der Waals surface area contributed by atoms with Gasteiger partial charge in [0.25, 0.3) is 0 Å². The number of anilines is 3. The number of rotatable bonds is 5. The van der Waals surface area contributed by atoms with Gasteiger partial charge >= 0.3 is 0 Å². The van der Waals surface area contributed by atoms with E-state index in [1.165, 1.54) is 75.5 Å². The molecule has 1 aliphatic carbocycles. The average Bonchev–Trinajstić information content (AvgIpc) is 3.91. The lowest BCUT2D eigenvalue weighted by molar-refractivity contribution is 0.660. The molecule has 0 saturated heterocycles.